The van der Waals surface area contributed by atoms with Crippen LogP contribution in [0.25, 0.3) is 0 Å². The van der Waals surface area contributed by atoms with Crippen LogP contribution in [-0.2, 0) is 0 Å². The van der Waals surface area contributed by atoms with E-state index in [1.54, 1.807) is 0 Å². The molecule has 2 N–H and O–H groups in total. The summed E-state index contributed by atoms with van der Waals surface area (Å²) in [5, 5.41) is 19.1. The summed E-state index contributed by atoms with van der Waals surface area (Å²) in [4.78, 5) is 2.24. The SMILES string of the molecule is OC1CCC2C(O)CCCN2C1. The minimum absolute atomic E-state index is 0.147. The van der Waals surface area contributed by atoms with Crippen LogP contribution in [0.3, 0.4) is 0 Å². The number of nitrogens with zero attached hydrogens (tertiary/aromatic N) is 1. The van der Waals surface area contributed by atoms with Crippen molar-refractivity contribution < 1.29 is 10.2 Å². The van der Waals surface area contributed by atoms with Gasteiger partial charge in [-0.2, -0.15) is 0 Å². The molecule has 0 radical (unpaired) electrons. The van der Waals surface area contributed by atoms with Crippen LogP contribution in [0.1, 0.15) is 25.7 Å². The molecule has 2 aliphatic rings. The fourth-order valence-corrected chi connectivity index (χ4v) is 2.43. The highest BCUT2D eigenvalue weighted by molar-refractivity contribution is 4.89. The third-order valence-corrected chi connectivity index (χ3v) is 3.10. The van der Waals surface area contributed by atoms with Crippen LogP contribution in [-0.4, -0.2) is 46.5 Å². The first kappa shape index (κ1) is 8.48. The molecule has 0 aliphatic carbocycles. The predicted octanol–water partition coefficient (Wildman–Crippen LogP) is -0.0336. The Hall–Kier alpha value is -0.120. The van der Waals surface area contributed by atoms with Crippen molar-refractivity contribution >= 4 is 0 Å². The number of hydrogen-bond acceptors (Lipinski definition) is 3. The smallest absolute Gasteiger partial charge is 0.0695 e. The van der Waals surface area contributed by atoms with Gasteiger partial charge in [0.2, 0.25) is 0 Å². The zero-order valence-electron chi connectivity index (χ0n) is 7.32. The Bertz CT molecular complexity index is 163. The summed E-state index contributed by atoms with van der Waals surface area (Å²) in [6, 6.07) is 0.335. The van der Waals surface area contributed by atoms with Crippen molar-refractivity contribution in [1.82, 2.24) is 4.90 Å². The minimum atomic E-state index is -0.161. The van der Waals surface area contributed by atoms with Gasteiger partial charge in [-0.15, -0.1) is 0 Å². The Kier molecular flexibility index (Phi) is 2.35. The lowest BCUT2D eigenvalue weighted by Crippen LogP contribution is -2.54. The summed E-state index contributed by atoms with van der Waals surface area (Å²) in [6.07, 6.45) is 3.53. The molecule has 3 heteroatoms. The molecule has 0 saturated carbocycles. The summed E-state index contributed by atoms with van der Waals surface area (Å²) in [7, 11) is 0. The molecule has 2 saturated heterocycles. The Morgan fingerprint density at radius 1 is 1.08 bits per heavy atom. The van der Waals surface area contributed by atoms with Crippen molar-refractivity contribution in [3.8, 4) is 0 Å². The molecule has 0 aromatic carbocycles. The van der Waals surface area contributed by atoms with Crippen LogP contribution in [0.4, 0.5) is 0 Å². The molecule has 70 valence electrons. The van der Waals surface area contributed by atoms with Gasteiger partial charge in [0.25, 0.3) is 0 Å². The van der Waals surface area contributed by atoms with Crippen LogP contribution in [0, 0.1) is 0 Å². The summed E-state index contributed by atoms with van der Waals surface area (Å²) in [6.45, 7) is 1.82. The normalized spacial score (nSPS) is 44.0. The molecular weight excluding hydrogens is 154 g/mol. The van der Waals surface area contributed by atoms with Gasteiger partial charge in [-0.05, 0) is 32.2 Å². The van der Waals surface area contributed by atoms with Gasteiger partial charge in [0, 0.05) is 12.6 Å². The first-order valence-electron chi connectivity index (χ1n) is 4.87. The van der Waals surface area contributed by atoms with Crippen LogP contribution in [0.5, 0.6) is 0 Å². The molecule has 2 fully saturated rings. The van der Waals surface area contributed by atoms with E-state index in [9.17, 15) is 10.2 Å². The Labute approximate surface area is 73.0 Å². The van der Waals surface area contributed by atoms with Crippen LogP contribution >= 0.6 is 0 Å². The van der Waals surface area contributed by atoms with E-state index in [1.165, 1.54) is 0 Å². The Morgan fingerprint density at radius 2 is 1.92 bits per heavy atom. The molecule has 12 heavy (non-hydrogen) atoms. The van der Waals surface area contributed by atoms with Crippen molar-refractivity contribution in [3.63, 3.8) is 0 Å². The predicted molar refractivity (Wildman–Crippen MR) is 45.8 cm³/mol. The molecule has 2 rings (SSSR count). The van der Waals surface area contributed by atoms with E-state index in [0.717, 1.165) is 38.8 Å². The number of fused-ring (bicyclic) bond motifs is 1. The van der Waals surface area contributed by atoms with E-state index >= 15 is 0 Å². The summed E-state index contributed by atoms with van der Waals surface area (Å²) in [5.41, 5.74) is 0. The van der Waals surface area contributed by atoms with Crippen molar-refractivity contribution in [1.29, 1.82) is 0 Å². The molecule has 0 amide bonds. The van der Waals surface area contributed by atoms with E-state index in [2.05, 4.69) is 4.90 Å². The minimum Gasteiger partial charge on any atom is -0.392 e. The average Bonchev–Trinajstić information content (AvgIpc) is 2.04. The van der Waals surface area contributed by atoms with Crippen molar-refractivity contribution in [2.75, 3.05) is 13.1 Å². The van der Waals surface area contributed by atoms with Crippen molar-refractivity contribution in [3.05, 3.63) is 0 Å². The van der Waals surface area contributed by atoms with Crippen LogP contribution in [0.2, 0.25) is 0 Å². The van der Waals surface area contributed by atoms with Gasteiger partial charge in [-0.25, -0.2) is 0 Å². The maximum Gasteiger partial charge on any atom is 0.0695 e. The second-order valence-electron chi connectivity index (χ2n) is 4.00. The lowest BCUT2D eigenvalue weighted by molar-refractivity contribution is -0.0455. The zero-order chi connectivity index (χ0) is 8.55. The first-order chi connectivity index (χ1) is 5.77. The molecule has 3 atom stereocenters. The summed E-state index contributed by atoms with van der Waals surface area (Å²) in [5.74, 6) is 0. The largest absolute Gasteiger partial charge is 0.392 e. The van der Waals surface area contributed by atoms with Crippen molar-refractivity contribution in [2.45, 2.75) is 43.9 Å². The van der Waals surface area contributed by atoms with Gasteiger partial charge in [-0.1, -0.05) is 0 Å². The standard InChI is InChI=1S/C9H17NO2/c11-7-3-4-8-9(12)2-1-5-10(8)6-7/h7-9,11-12H,1-6H2. The number of piperidine rings is 2. The summed E-state index contributed by atoms with van der Waals surface area (Å²) >= 11 is 0. The maximum absolute atomic E-state index is 9.67. The van der Waals surface area contributed by atoms with Gasteiger partial charge in [0.1, 0.15) is 0 Å². The molecular formula is C9H17NO2. The summed E-state index contributed by atoms with van der Waals surface area (Å²) < 4.78 is 0. The number of hydrogen-bond donors (Lipinski definition) is 2. The van der Waals surface area contributed by atoms with Crippen LogP contribution in [0.15, 0.2) is 0 Å². The number of aliphatic hydroxyl groups excluding tert-OH is 2. The molecule has 0 aromatic rings. The fourth-order valence-electron chi connectivity index (χ4n) is 2.43. The lowest BCUT2D eigenvalue weighted by Gasteiger charge is -2.43. The molecule has 2 aliphatic heterocycles. The highest BCUT2D eigenvalue weighted by Gasteiger charge is 2.34. The highest BCUT2D eigenvalue weighted by Crippen LogP contribution is 2.26. The Morgan fingerprint density at radius 3 is 2.75 bits per heavy atom. The molecule has 0 spiro atoms. The quantitative estimate of drug-likeness (QED) is 0.538. The zero-order valence-corrected chi connectivity index (χ0v) is 7.32. The molecule has 2 heterocycles. The van der Waals surface area contributed by atoms with E-state index in [4.69, 9.17) is 0 Å². The van der Waals surface area contributed by atoms with E-state index < -0.39 is 0 Å². The monoisotopic (exact) mass is 171 g/mol. The van der Waals surface area contributed by atoms with Crippen molar-refractivity contribution in [2.24, 2.45) is 0 Å². The van der Waals surface area contributed by atoms with Crippen LogP contribution < -0.4 is 0 Å². The number of rotatable bonds is 0. The van der Waals surface area contributed by atoms with E-state index in [0.29, 0.717) is 6.04 Å². The van der Waals surface area contributed by atoms with Gasteiger partial charge in [0.05, 0.1) is 12.2 Å². The molecule has 3 nitrogen and oxygen atoms in total. The topological polar surface area (TPSA) is 43.7 Å². The second-order valence-corrected chi connectivity index (χ2v) is 4.00. The maximum atomic E-state index is 9.67. The average molecular weight is 171 g/mol. The van der Waals surface area contributed by atoms with E-state index in [-0.39, 0.29) is 12.2 Å². The molecule has 3 unspecified atom stereocenters. The fraction of sp³-hybridized carbons (Fsp3) is 1.00. The van der Waals surface area contributed by atoms with Gasteiger partial charge in [0.15, 0.2) is 0 Å². The highest BCUT2D eigenvalue weighted by atomic mass is 16.3. The van der Waals surface area contributed by atoms with Gasteiger partial charge >= 0.3 is 0 Å². The third kappa shape index (κ3) is 1.49. The van der Waals surface area contributed by atoms with Gasteiger partial charge in [-0.3, -0.25) is 4.90 Å². The number of aliphatic hydroxyl groups is 2. The third-order valence-electron chi connectivity index (χ3n) is 3.10. The Balaban J connectivity index is 1.99. The second kappa shape index (κ2) is 3.32. The van der Waals surface area contributed by atoms with Gasteiger partial charge < -0.3 is 10.2 Å². The molecule has 0 aromatic heterocycles. The lowest BCUT2D eigenvalue weighted by atomic mass is 9.90. The molecule has 0 bridgehead atoms. The van der Waals surface area contributed by atoms with E-state index in [1.807, 2.05) is 0 Å². The first-order valence-corrected chi connectivity index (χ1v) is 4.87.